The van der Waals surface area contributed by atoms with E-state index in [-0.39, 0.29) is 12.3 Å². The molecule has 0 aliphatic carbocycles. The summed E-state index contributed by atoms with van der Waals surface area (Å²) < 4.78 is 16.4. The molecule has 1 aliphatic heterocycles. The van der Waals surface area contributed by atoms with E-state index in [4.69, 9.17) is 0 Å². The molecule has 1 saturated heterocycles. The van der Waals surface area contributed by atoms with Gasteiger partial charge in [-0.2, -0.15) is 4.36 Å². The minimum Gasteiger partial charge on any atom is -0.272 e. The van der Waals surface area contributed by atoms with Crippen molar-refractivity contribution < 1.29 is 9.00 Å². The van der Waals surface area contributed by atoms with Gasteiger partial charge in [-0.25, -0.2) is 4.21 Å². The zero-order chi connectivity index (χ0) is 11.6. The lowest BCUT2D eigenvalue weighted by Crippen LogP contribution is -2.25. The first-order valence-corrected chi connectivity index (χ1v) is 7.72. The molecule has 2 rings (SSSR count). The molecule has 5 heteroatoms. The number of benzene rings is 1. The quantitative estimate of drug-likeness (QED) is 0.842. The zero-order valence-electron chi connectivity index (χ0n) is 8.69. The highest BCUT2D eigenvalue weighted by Crippen LogP contribution is 2.18. The van der Waals surface area contributed by atoms with Crippen molar-refractivity contribution in [3.05, 3.63) is 34.3 Å². The van der Waals surface area contributed by atoms with Gasteiger partial charge in [0.1, 0.15) is 0 Å². The smallest absolute Gasteiger partial charge is 0.258 e. The zero-order valence-corrected chi connectivity index (χ0v) is 11.1. The Kier molecular flexibility index (Phi) is 3.44. The third-order valence-corrected chi connectivity index (χ3v) is 5.66. The van der Waals surface area contributed by atoms with Crippen LogP contribution in [0, 0.1) is 0 Å². The number of amides is 1. The maximum atomic E-state index is 11.7. The molecule has 0 N–H and O–H groups in total. The molecular formula is C11H12BrNO2S. The Morgan fingerprint density at radius 3 is 2.62 bits per heavy atom. The molecule has 16 heavy (non-hydrogen) atoms. The third kappa shape index (κ3) is 2.71. The summed E-state index contributed by atoms with van der Waals surface area (Å²) in [5.74, 6) is 0.875. The Labute approximate surface area is 104 Å². The van der Waals surface area contributed by atoms with Gasteiger partial charge >= 0.3 is 0 Å². The van der Waals surface area contributed by atoms with Crippen molar-refractivity contribution in [1.29, 1.82) is 0 Å². The lowest BCUT2D eigenvalue weighted by molar-refractivity contribution is -0.117. The minimum atomic E-state index is -2.16. The van der Waals surface area contributed by atoms with Gasteiger partial charge in [-0.1, -0.05) is 34.1 Å². The van der Waals surface area contributed by atoms with Gasteiger partial charge in [-0.05, 0) is 18.1 Å². The number of hydrogen-bond donors (Lipinski definition) is 0. The number of carbonyl (C=O) groups is 1. The van der Waals surface area contributed by atoms with E-state index in [9.17, 15) is 9.00 Å². The van der Waals surface area contributed by atoms with Gasteiger partial charge in [-0.15, -0.1) is 0 Å². The molecule has 3 nitrogen and oxygen atoms in total. The van der Waals surface area contributed by atoms with Gasteiger partial charge in [0, 0.05) is 16.0 Å². The molecule has 0 radical (unpaired) electrons. The van der Waals surface area contributed by atoms with E-state index in [1.807, 2.05) is 24.3 Å². The van der Waals surface area contributed by atoms with E-state index in [0.29, 0.717) is 11.5 Å². The molecule has 1 fully saturated rings. The molecule has 0 aromatic heterocycles. The highest BCUT2D eigenvalue weighted by molar-refractivity contribution is 9.10. The van der Waals surface area contributed by atoms with Crippen LogP contribution in [0.1, 0.15) is 12.0 Å². The predicted molar refractivity (Wildman–Crippen MR) is 67.8 cm³/mol. The van der Waals surface area contributed by atoms with Gasteiger partial charge < -0.3 is 0 Å². The Balaban J connectivity index is 2.12. The van der Waals surface area contributed by atoms with E-state index < -0.39 is 9.73 Å². The topological polar surface area (TPSA) is 46.5 Å². The highest BCUT2D eigenvalue weighted by atomic mass is 79.9. The summed E-state index contributed by atoms with van der Waals surface area (Å²) >= 11 is 3.37. The van der Waals surface area contributed by atoms with Crippen molar-refractivity contribution in [2.24, 2.45) is 4.36 Å². The van der Waals surface area contributed by atoms with Gasteiger partial charge in [0.2, 0.25) is 0 Å². The summed E-state index contributed by atoms with van der Waals surface area (Å²) in [5.41, 5.74) is 0.888. The second kappa shape index (κ2) is 4.67. The van der Waals surface area contributed by atoms with Crippen LogP contribution in [0.25, 0.3) is 0 Å². The first-order chi connectivity index (χ1) is 7.59. The lowest BCUT2D eigenvalue weighted by Gasteiger charge is -2.17. The molecule has 1 aliphatic rings. The van der Waals surface area contributed by atoms with Crippen molar-refractivity contribution >= 4 is 31.6 Å². The fourth-order valence-electron chi connectivity index (χ4n) is 1.51. The van der Waals surface area contributed by atoms with Crippen LogP contribution in [0.4, 0.5) is 0 Å². The summed E-state index contributed by atoms with van der Waals surface area (Å²) in [7, 11) is -2.16. The molecule has 0 atom stereocenters. The van der Waals surface area contributed by atoms with E-state index >= 15 is 0 Å². The van der Waals surface area contributed by atoms with Crippen LogP contribution in [0.15, 0.2) is 33.1 Å². The Bertz CT molecular complexity index is 523. The first kappa shape index (κ1) is 11.8. The van der Waals surface area contributed by atoms with Crippen molar-refractivity contribution in [3.63, 3.8) is 0 Å². The van der Waals surface area contributed by atoms with Gasteiger partial charge in [0.25, 0.3) is 5.91 Å². The molecule has 0 saturated carbocycles. The summed E-state index contributed by atoms with van der Waals surface area (Å²) in [6, 6.07) is 7.51. The van der Waals surface area contributed by atoms with Crippen LogP contribution >= 0.6 is 15.9 Å². The summed E-state index contributed by atoms with van der Waals surface area (Å²) in [6.07, 6.45) is 1.14. The summed E-state index contributed by atoms with van der Waals surface area (Å²) in [5, 5.41) is 0. The Morgan fingerprint density at radius 1 is 1.38 bits per heavy atom. The highest BCUT2D eigenvalue weighted by Gasteiger charge is 2.20. The van der Waals surface area contributed by atoms with Gasteiger partial charge in [0.15, 0.2) is 0 Å². The standard InChI is InChI=1S/C11H12BrNO2S/c12-10-5-2-1-4-9(10)8-11(14)13-16(15)6-3-7-16/h1-2,4-5H,3,6-8H2. The molecule has 1 heterocycles. The summed E-state index contributed by atoms with van der Waals surface area (Å²) in [6.45, 7) is 0. The average Bonchev–Trinajstić information content (AvgIpc) is 2.19. The molecule has 86 valence electrons. The minimum absolute atomic E-state index is 0.221. The van der Waals surface area contributed by atoms with Crippen LogP contribution < -0.4 is 0 Å². The monoisotopic (exact) mass is 301 g/mol. The van der Waals surface area contributed by atoms with Crippen LogP contribution in [0.3, 0.4) is 0 Å². The maximum absolute atomic E-state index is 11.7. The number of nitrogens with zero attached hydrogens (tertiary/aromatic N) is 1. The SMILES string of the molecule is O=C(Cc1ccccc1Br)N=S1(=O)CCC1. The number of rotatable bonds is 2. The largest absolute Gasteiger partial charge is 0.272 e. The van der Waals surface area contributed by atoms with E-state index in [1.165, 1.54) is 0 Å². The molecule has 1 amide bonds. The normalized spacial score (nSPS) is 17.6. The van der Waals surface area contributed by atoms with Crippen LogP contribution in [-0.2, 0) is 20.9 Å². The molecule has 0 unspecified atom stereocenters. The second-order valence-electron chi connectivity index (χ2n) is 3.79. The molecule has 1 aromatic carbocycles. The molecule has 0 bridgehead atoms. The van der Waals surface area contributed by atoms with Crippen molar-refractivity contribution in [2.45, 2.75) is 12.8 Å². The maximum Gasteiger partial charge on any atom is 0.258 e. The first-order valence-electron chi connectivity index (χ1n) is 5.08. The number of carbonyl (C=O) groups excluding carboxylic acids is 1. The van der Waals surface area contributed by atoms with E-state index in [0.717, 1.165) is 16.5 Å². The van der Waals surface area contributed by atoms with Crippen LogP contribution in [-0.4, -0.2) is 21.6 Å². The van der Waals surface area contributed by atoms with Crippen LogP contribution in [0.5, 0.6) is 0 Å². The van der Waals surface area contributed by atoms with Gasteiger partial charge in [-0.3, -0.25) is 4.79 Å². The van der Waals surface area contributed by atoms with Crippen molar-refractivity contribution in [2.75, 3.05) is 11.5 Å². The Morgan fingerprint density at radius 2 is 2.06 bits per heavy atom. The van der Waals surface area contributed by atoms with Crippen molar-refractivity contribution in [1.82, 2.24) is 0 Å². The van der Waals surface area contributed by atoms with Crippen molar-refractivity contribution in [3.8, 4) is 0 Å². The van der Waals surface area contributed by atoms with Gasteiger partial charge in [0.05, 0.1) is 16.1 Å². The fraction of sp³-hybridized carbons (Fsp3) is 0.364. The predicted octanol–water partition coefficient (Wildman–Crippen LogP) is 2.39. The number of halogens is 1. The molecule has 1 aromatic rings. The fourth-order valence-corrected chi connectivity index (χ4v) is 3.33. The Hall–Kier alpha value is -0.680. The second-order valence-corrected chi connectivity index (χ2v) is 7.19. The van der Waals surface area contributed by atoms with E-state index in [1.54, 1.807) is 0 Å². The third-order valence-electron chi connectivity index (χ3n) is 2.49. The lowest BCUT2D eigenvalue weighted by atomic mass is 10.1. The average molecular weight is 302 g/mol. The number of hydrogen-bond acceptors (Lipinski definition) is 2. The molecule has 0 spiro atoms. The van der Waals surface area contributed by atoms with E-state index in [2.05, 4.69) is 20.3 Å². The summed E-state index contributed by atoms with van der Waals surface area (Å²) in [4.78, 5) is 11.6. The molecular weight excluding hydrogens is 290 g/mol. The van der Waals surface area contributed by atoms with Crippen LogP contribution in [0.2, 0.25) is 0 Å².